The second kappa shape index (κ2) is 7.99. The van der Waals surface area contributed by atoms with Gasteiger partial charge in [0.1, 0.15) is 0 Å². The topological polar surface area (TPSA) is 66.6 Å². The van der Waals surface area contributed by atoms with E-state index in [1.54, 1.807) is 4.90 Å². The summed E-state index contributed by atoms with van der Waals surface area (Å²) in [7, 11) is 0. The number of amides is 2. The third-order valence-corrected chi connectivity index (χ3v) is 4.98. The molecule has 2 amide bonds. The van der Waals surface area contributed by atoms with E-state index in [9.17, 15) is 9.59 Å². The standard InChI is InChI=1S/C18H25N3O2.ClH/c1-2-13-3-5-16(6-4-13)21-12-14(11-17(21)22)18(23)20-9-7-15(19)8-10-20;/h3-6,14-15H,2,7-12,19H2,1H3;1H. The van der Waals surface area contributed by atoms with E-state index in [1.165, 1.54) is 5.56 Å². The minimum absolute atomic E-state index is 0. The van der Waals surface area contributed by atoms with E-state index in [-0.39, 0.29) is 36.2 Å². The molecule has 6 heteroatoms. The highest BCUT2D eigenvalue weighted by molar-refractivity contribution is 6.00. The Labute approximate surface area is 149 Å². The summed E-state index contributed by atoms with van der Waals surface area (Å²) in [4.78, 5) is 28.6. The molecule has 2 aliphatic rings. The lowest BCUT2D eigenvalue weighted by atomic mass is 10.0. The predicted octanol–water partition coefficient (Wildman–Crippen LogP) is 1.97. The van der Waals surface area contributed by atoms with Crippen molar-refractivity contribution < 1.29 is 9.59 Å². The third-order valence-electron chi connectivity index (χ3n) is 4.98. The molecule has 2 fully saturated rings. The molecule has 2 saturated heterocycles. The lowest BCUT2D eigenvalue weighted by Gasteiger charge is -2.31. The van der Waals surface area contributed by atoms with Gasteiger partial charge in [0.05, 0.1) is 5.92 Å². The molecule has 1 aromatic rings. The summed E-state index contributed by atoms with van der Waals surface area (Å²) in [6.07, 6.45) is 3.01. The van der Waals surface area contributed by atoms with Crippen LogP contribution in [0.3, 0.4) is 0 Å². The number of halogens is 1. The zero-order valence-corrected chi connectivity index (χ0v) is 14.9. The Morgan fingerprint density at radius 2 is 1.83 bits per heavy atom. The SMILES string of the molecule is CCc1ccc(N2CC(C(=O)N3CCC(N)CC3)CC2=O)cc1.Cl. The van der Waals surface area contributed by atoms with Gasteiger partial charge in [0.2, 0.25) is 11.8 Å². The van der Waals surface area contributed by atoms with Crippen molar-refractivity contribution in [3.63, 3.8) is 0 Å². The summed E-state index contributed by atoms with van der Waals surface area (Å²) in [6, 6.07) is 8.25. The maximum Gasteiger partial charge on any atom is 0.228 e. The molecule has 0 aromatic heterocycles. The molecule has 0 bridgehead atoms. The summed E-state index contributed by atoms with van der Waals surface area (Å²) < 4.78 is 0. The number of aryl methyl sites for hydroxylation is 1. The van der Waals surface area contributed by atoms with Crippen LogP contribution in [-0.4, -0.2) is 42.4 Å². The smallest absolute Gasteiger partial charge is 0.228 e. The first-order chi connectivity index (χ1) is 11.1. The van der Waals surface area contributed by atoms with Crippen LogP contribution in [0.2, 0.25) is 0 Å². The Hall–Kier alpha value is -1.59. The molecule has 0 saturated carbocycles. The number of hydrogen-bond donors (Lipinski definition) is 1. The van der Waals surface area contributed by atoms with E-state index in [0.717, 1.165) is 38.0 Å². The Bertz CT molecular complexity index is 582. The second-order valence-corrected chi connectivity index (χ2v) is 6.59. The molecule has 2 aliphatic heterocycles. The number of carbonyl (C=O) groups is 2. The largest absolute Gasteiger partial charge is 0.342 e. The highest BCUT2D eigenvalue weighted by atomic mass is 35.5. The van der Waals surface area contributed by atoms with Gasteiger partial charge in [-0.05, 0) is 37.0 Å². The Morgan fingerprint density at radius 1 is 1.21 bits per heavy atom. The number of carbonyl (C=O) groups excluding carboxylic acids is 2. The number of piperidine rings is 1. The zero-order chi connectivity index (χ0) is 16.4. The van der Waals surface area contributed by atoms with E-state index >= 15 is 0 Å². The van der Waals surface area contributed by atoms with Crippen molar-refractivity contribution in [2.75, 3.05) is 24.5 Å². The molecule has 0 radical (unpaired) electrons. The van der Waals surface area contributed by atoms with Crippen LogP contribution < -0.4 is 10.6 Å². The summed E-state index contributed by atoms with van der Waals surface area (Å²) in [5.74, 6) is -0.0677. The highest BCUT2D eigenvalue weighted by Gasteiger charge is 2.37. The van der Waals surface area contributed by atoms with Crippen LogP contribution in [0.25, 0.3) is 0 Å². The van der Waals surface area contributed by atoms with Crippen LogP contribution in [0.5, 0.6) is 0 Å². The van der Waals surface area contributed by atoms with Crippen molar-refractivity contribution >= 4 is 29.9 Å². The van der Waals surface area contributed by atoms with E-state index in [4.69, 9.17) is 5.73 Å². The van der Waals surface area contributed by atoms with Gasteiger partial charge in [-0.25, -0.2) is 0 Å². The van der Waals surface area contributed by atoms with Crippen molar-refractivity contribution in [2.45, 2.75) is 38.6 Å². The first-order valence-corrected chi connectivity index (χ1v) is 8.52. The lowest BCUT2D eigenvalue weighted by Crippen LogP contribution is -2.45. The number of hydrogen-bond acceptors (Lipinski definition) is 3. The van der Waals surface area contributed by atoms with Gasteiger partial charge in [0.25, 0.3) is 0 Å². The van der Waals surface area contributed by atoms with Crippen LogP contribution in [0, 0.1) is 5.92 Å². The number of benzene rings is 1. The lowest BCUT2D eigenvalue weighted by molar-refractivity contribution is -0.136. The van der Waals surface area contributed by atoms with Crippen LogP contribution in [0.1, 0.15) is 31.7 Å². The van der Waals surface area contributed by atoms with Crippen molar-refractivity contribution in [1.29, 1.82) is 0 Å². The third kappa shape index (κ3) is 3.90. The molecule has 132 valence electrons. The Balaban J connectivity index is 0.00000208. The summed E-state index contributed by atoms with van der Waals surface area (Å²) in [6.45, 7) is 4.03. The van der Waals surface area contributed by atoms with Crippen molar-refractivity contribution in [3.05, 3.63) is 29.8 Å². The summed E-state index contributed by atoms with van der Waals surface area (Å²) in [5.41, 5.74) is 8.03. The van der Waals surface area contributed by atoms with E-state index in [1.807, 2.05) is 29.2 Å². The molecular formula is C18H26ClN3O2. The average Bonchev–Trinajstić information content (AvgIpc) is 2.97. The Kier molecular flexibility index (Phi) is 6.24. The molecule has 1 unspecified atom stereocenters. The molecule has 0 aliphatic carbocycles. The molecule has 1 atom stereocenters. The fourth-order valence-corrected chi connectivity index (χ4v) is 3.41. The molecule has 24 heavy (non-hydrogen) atoms. The van der Waals surface area contributed by atoms with Gasteiger partial charge < -0.3 is 15.5 Å². The maximum atomic E-state index is 12.6. The van der Waals surface area contributed by atoms with Gasteiger partial charge in [0.15, 0.2) is 0 Å². The fraction of sp³-hybridized carbons (Fsp3) is 0.556. The van der Waals surface area contributed by atoms with Crippen molar-refractivity contribution in [1.82, 2.24) is 4.90 Å². The number of likely N-dealkylation sites (tertiary alicyclic amines) is 1. The molecule has 1 aromatic carbocycles. The fourth-order valence-electron chi connectivity index (χ4n) is 3.41. The van der Waals surface area contributed by atoms with Gasteiger partial charge in [-0.1, -0.05) is 19.1 Å². The van der Waals surface area contributed by atoms with Gasteiger partial charge >= 0.3 is 0 Å². The van der Waals surface area contributed by atoms with Crippen molar-refractivity contribution in [2.24, 2.45) is 11.7 Å². The monoisotopic (exact) mass is 351 g/mol. The first kappa shape index (κ1) is 18.7. The number of anilines is 1. The summed E-state index contributed by atoms with van der Waals surface area (Å²) >= 11 is 0. The minimum Gasteiger partial charge on any atom is -0.342 e. The average molecular weight is 352 g/mol. The minimum atomic E-state index is -0.220. The molecule has 0 spiro atoms. The van der Waals surface area contributed by atoms with E-state index in [2.05, 4.69) is 6.92 Å². The molecule has 5 nitrogen and oxygen atoms in total. The van der Waals surface area contributed by atoms with Crippen LogP contribution in [0.15, 0.2) is 24.3 Å². The van der Waals surface area contributed by atoms with E-state index in [0.29, 0.717) is 13.0 Å². The quantitative estimate of drug-likeness (QED) is 0.905. The van der Waals surface area contributed by atoms with Crippen LogP contribution >= 0.6 is 12.4 Å². The van der Waals surface area contributed by atoms with Crippen LogP contribution in [0.4, 0.5) is 5.69 Å². The van der Waals surface area contributed by atoms with Gasteiger partial charge in [-0.2, -0.15) is 0 Å². The van der Waals surface area contributed by atoms with Crippen LogP contribution in [-0.2, 0) is 16.0 Å². The molecule has 3 rings (SSSR count). The first-order valence-electron chi connectivity index (χ1n) is 8.52. The Morgan fingerprint density at radius 3 is 2.42 bits per heavy atom. The number of nitrogens with two attached hydrogens (primary N) is 1. The van der Waals surface area contributed by atoms with Gasteiger partial charge in [0, 0.05) is 37.8 Å². The van der Waals surface area contributed by atoms with Gasteiger partial charge in [-0.3, -0.25) is 9.59 Å². The second-order valence-electron chi connectivity index (χ2n) is 6.59. The van der Waals surface area contributed by atoms with E-state index < -0.39 is 0 Å². The molecule has 2 N–H and O–H groups in total. The highest BCUT2D eigenvalue weighted by Crippen LogP contribution is 2.27. The predicted molar refractivity (Wildman–Crippen MR) is 97.3 cm³/mol. The van der Waals surface area contributed by atoms with Crippen molar-refractivity contribution in [3.8, 4) is 0 Å². The molecular weight excluding hydrogens is 326 g/mol. The number of rotatable bonds is 3. The summed E-state index contributed by atoms with van der Waals surface area (Å²) in [5, 5.41) is 0. The normalized spacial score (nSPS) is 21.8. The zero-order valence-electron chi connectivity index (χ0n) is 14.1. The number of nitrogens with zero attached hydrogens (tertiary/aromatic N) is 2. The molecule has 2 heterocycles. The van der Waals surface area contributed by atoms with Gasteiger partial charge in [-0.15, -0.1) is 12.4 Å². The maximum absolute atomic E-state index is 12.6.